The smallest absolute Gasteiger partial charge is 0.237 e. The molecule has 1 aromatic rings. The Morgan fingerprint density at radius 3 is 2.07 bits per heavy atom. The minimum Gasteiger partial charge on any atom is -0.370 e. The van der Waals surface area contributed by atoms with Crippen LogP contribution in [-0.2, 0) is 30.4 Å². The van der Waals surface area contributed by atoms with E-state index in [2.05, 4.69) is 10.6 Å². The second kappa shape index (κ2) is 13.0. The van der Waals surface area contributed by atoms with Crippen molar-refractivity contribution in [2.75, 3.05) is 4.55 Å². The quantitative estimate of drug-likeness (QED) is 0.0851. The van der Waals surface area contributed by atoms with Crippen molar-refractivity contribution in [3.63, 3.8) is 0 Å². The van der Waals surface area contributed by atoms with Gasteiger partial charge in [0.2, 0.25) is 29.3 Å². The van der Waals surface area contributed by atoms with Gasteiger partial charge in [0.05, 0.1) is 18.1 Å². The summed E-state index contributed by atoms with van der Waals surface area (Å²) in [4.78, 5) is 60.1. The number of alkyl halides is 1. The van der Waals surface area contributed by atoms with Gasteiger partial charge in [-0.05, 0) is 18.4 Å². The lowest BCUT2D eigenvalue weighted by molar-refractivity contribution is -0.141. The van der Waals surface area contributed by atoms with Crippen molar-refractivity contribution in [3.05, 3.63) is 35.9 Å². The first-order valence-corrected chi connectivity index (χ1v) is 10.7. The molecule has 0 saturated heterocycles. The molecule has 1 rings (SSSR count). The van der Waals surface area contributed by atoms with E-state index in [1.807, 2.05) is 28.7 Å². The average molecular weight is 531 g/mol. The number of carbonyl (C=O) groups excluding carboxylic acids is 5. The van der Waals surface area contributed by atoms with E-state index in [9.17, 15) is 24.0 Å². The zero-order chi connectivity index (χ0) is 22.7. The monoisotopic (exact) mass is 531 g/mol. The number of amides is 3. The van der Waals surface area contributed by atoms with Crippen LogP contribution in [0.4, 0.5) is 0 Å². The van der Waals surface area contributed by atoms with Gasteiger partial charge in [0, 0.05) is 17.4 Å². The fraction of sp³-hybridized carbons (Fsp3) is 0.421. The van der Waals surface area contributed by atoms with Gasteiger partial charge in [0.25, 0.3) is 0 Å². The number of rotatable bonds is 14. The molecule has 0 fully saturated rings. The highest BCUT2D eigenvalue weighted by Gasteiger charge is 2.33. The number of nitrogens with two attached hydrogens (primary N) is 3. The molecule has 0 heterocycles. The van der Waals surface area contributed by atoms with Gasteiger partial charge in [-0.25, -0.2) is 0 Å². The van der Waals surface area contributed by atoms with Gasteiger partial charge in [-0.2, -0.15) is 0 Å². The first-order valence-electron chi connectivity index (χ1n) is 9.19. The third kappa shape index (κ3) is 8.97. The van der Waals surface area contributed by atoms with E-state index in [-0.39, 0.29) is 30.2 Å². The SMILES string of the molecule is NC(=O)CC[C@H](NC(=O)[C@@H](N)Cc1ccccc1)C(=O)C(=O)[C@H](CC(N)=O)NCI. The predicted molar refractivity (Wildman–Crippen MR) is 118 cm³/mol. The number of Topliss-reactive ketones (excluding diaryl/α,β-unsaturated/α-hetero) is 2. The molecule has 0 bridgehead atoms. The van der Waals surface area contributed by atoms with Crippen molar-refractivity contribution in [2.45, 2.75) is 43.8 Å². The number of nitrogens with one attached hydrogen (secondary N) is 2. The second-order valence-electron chi connectivity index (χ2n) is 6.65. The fourth-order valence-electron chi connectivity index (χ4n) is 2.69. The lowest BCUT2D eigenvalue weighted by atomic mass is 9.96. The van der Waals surface area contributed by atoms with Gasteiger partial charge in [-0.15, -0.1) is 0 Å². The summed E-state index contributed by atoms with van der Waals surface area (Å²) in [5, 5.41) is 5.15. The Morgan fingerprint density at radius 1 is 0.933 bits per heavy atom. The Balaban J connectivity index is 2.91. The molecule has 0 radical (unpaired) electrons. The summed E-state index contributed by atoms with van der Waals surface area (Å²) in [7, 11) is 0. The molecular formula is C19H26IN5O5. The number of hydrogen-bond acceptors (Lipinski definition) is 7. The van der Waals surface area contributed by atoms with Gasteiger partial charge in [-0.3, -0.25) is 29.3 Å². The Labute approximate surface area is 187 Å². The van der Waals surface area contributed by atoms with Crippen LogP contribution >= 0.6 is 22.6 Å². The molecule has 0 aliphatic heterocycles. The van der Waals surface area contributed by atoms with Crippen LogP contribution in [0.5, 0.6) is 0 Å². The molecule has 3 amide bonds. The van der Waals surface area contributed by atoms with Gasteiger partial charge in [-0.1, -0.05) is 52.9 Å². The van der Waals surface area contributed by atoms with Crippen molar-refractivity contribution in [2.24, 2.45) is 17.2 Å². The van der Waals surface area contributed by atoms with Gasteiger partial charge in [0.15, 0.2) is 0 Å². The van der Waals surface area contributed by atoms with Crippen LogP contribution in [0.15, 0.2) is 30.3 Å². The number of primary amides is 2. The number of benzene rings is 1. The second-order valence-corrected chi connectivity index (χ2v) is 7.41. The molecule has 164 valence electrons. The Morgan fingerprint density at radius 2 is 1.53 bits per heavy atom. The van der Waals surface area contributed by atoms with Crippen LogP contribution in [0.1, 0.15) is 24.8 Å². The maximum Gasteiger partial charge on any atom is 0.237 e. The molecule has 0 saturated carbocycles. The third-order valence-corrected chi connectivity index (χ3v) is 4.68. The molecule has 30 heavy (non-hydrogen) atoms. The van der Waals surface area contributed by atoms with Crippen molar-refractivity contribution in [3.8, 4) is 0 Å². The fourth-order valence-corrected chi connectivity index (χ4v) is 3.22. The highest BCUT2D eigenvalue weighted by molar-refractivity contribution is 14.1. The largest absolute Gasteiger partial charge is 0.370 e. The summed E-state index contributed by atoms with van der Waals surface area (Å²) in [6.07, 6.45) is -0.551. The summed E-state index contributed by atoms with van der Waals surface area (Å²) in [5.41, 5.74) is 17.0. The molecule has 8 N–H and O–H groups in total. The standard InChI is InChI=1S/C19H26IN5O5/c20-10-24-14(9-16(23)27)18(29)17(28)13(6-7-15(22)26)25-19(30)12(21)8-11-4-2-1-3-5-11/h1-5,12-14,24H,6-10,21H2,(H2,22,26)(H2,23,27)(H,25,30)/t12-,13-,14-/m0/s1. The maximum atomic E-state index is 12.7. The first kappa shape index (κ1) is 25.7. The molecule has 0 aromatic heterocycles. The van der Waals surface area contributed by atoms with E-state index in [1.165, 1.54) is 0 Å². The number of hydrogen-bond donors (Lipinski definition) is 5. The zero-order valence-electron chi connectivity index (χ0n) is 16.3. The van der Waals surface area contributed by atoms with Crippen LogP contribution in [-0.4, -0.2) is 52.0 Å². The summed E-state index contributed by atoms with van der Waals surface area (Å²) >= 11 is 1.91. The lowest BCUT2D eigenvalue weighted by Crippen LogP contribution is -2.54. The summed E-state index contributed by atoms with van der Waals surface area (Å²) in [6, 6.07) is 5.63. The molecule has 3 atom stereocenters. The molecule has 0 aliphatic carbocycles. The molecule has 0 aliphatic rings. The third-order valence-electron chi connectivity index (χ3n) is 4.24. The number of ketones is 2. The van der Waals surface area contributed by atoms with E-state index >= 15 is 0 Å². The van der Waals surface area contributed by atoms with Crippen LogP contribution < -0.4 is 27.8 Å². The molecule has 0 spiro atoms. The zero-order valence-corrected chi connectivity index (χ0v) is 18.5. The Bertz CT molecular complexity index is 774. The van der Waals surface area contributed by atoms with Crippen LogP contribution in [0.3, 0.4) is 0 Å². The van der Waals surface area contributed by atoms with Gasteiger partial charge < -0.3 is 22.5 Å². The van der Waals surface area contributed by atoms with E-state index in [1.54, 1.807) is 24.3 Å². The lowest BCUT2D eigenvalue weighted by Gasteiger charge is -2.21. The number of halogens is 1. The summed E-state index contributed by atoms with van der Waals surface area (Å²) in [6.45, 7) is 0. The van der Waals surface area contributed by atoms with Crippen LogP contribution in [0, 0.1) is 0 Å². The van der Waals surface area contributed by atoms with Gasteiger partial charge in [0.1, 0.15) is 0 Å². The molecule has 0 unspecified atom stereocenters. The van der Waals surface area contributed by atoms with E-state index in [0.29, 0.717) is 0 Å². The Hall–Kier alpha value is -2.38. The van der Waals surface area contributed by atoms with E-state index in [0.717, 1.165) is 5.56 Å². The van der Waals surface area contributed by atoms with Crippen molar-refractivity contribution < 1.29 is 24.0 Å². The van der Waals surface area contributed by atoms with E-state index < -0.39 is 47.4 Å². The van der Waals surface area contributed by atoms with Crippen molar-refractivity contribution >= 4 is 51.9 Å². The maximum absolute atomic E-state index is 12.7. The minimum atomic E-state index is -1.30. The topological polar surface area (TPSA) is 187 Å². The molecule has 11 heteroatoms. The summed E-state index contributed by atoms with van der Waals surface area (Å²) < 4.78 is 0.287. The first-order chi connectivity index (χ1) is 14.1. The predicted octanol–water partition coefficient (Wildman–Crippen LogP) is -1.33. The average Bonchev–Trinajstić information content (AvgIpc) is 2.69. The highest BCUT2D eigenvalue weighted by Crippen LogP contribution is 2.07. The normalized spacial score (nSPS) is 13.7. The summed E-state index contributed by atoms with van der Waals surface area (Å²) in [5.74, 6) is -3.98. The Kier molecular flexibility index (Phi) is 11.1. The molecule has 1 aromatic carbocycles. The minimum absolute atomic E-state index is 0.169. The van der Waals surface area contributed by atoms with Crippen LogP contribution in [0.2, 0.25) is 0 Å². The number of carbonyl (C=O) groups is 5. The van der Waals surface area contributed by atoms with Gasteiger partial charge >= 0.3 is 0 Å². The van der Waals surface area contributed by atoms with E-state index in [4.69, 9.17) is 17.2 Å². The van der Waals surface area contributed by atoms with Crippen molar-refractivity contribution in [1.29, 1.82) is 0 Å². The highest BCUT2D eigenvalue weighted by atomic mass is 127. The molecule has 10 nitrogen and oxygen atoms in total. The van der Waals surface area contributed by atoms with Crippen LogP contribution in [0.25, 0.3) is 0 Å². The van der Waals surface area contributed by atoms with Crippen molar-refractivity contribution in [1.82, 2.24) is 10.6 Å². The molecular weight excluding hydrogens is 505 g/mol.